The summed E-state index contributed by atoms with van der Waals surface area (Å²) in [4.78, 5) is 14.1. The molecule has 0 bridgehead atoms. The van der Waals surface area contributed by atoms with Gasteiger partial charge in [-0.2, -0.15) is 0 Å². The minimum Gasteiger partial charge on any atom is -0.366 e. The van der Waals surface area contributed by atoms with E-state index in [1.807, 2.05) is 18.2 Å². The molecule has 0 unspecified atom stereocenters. The molecule has 0 aromatic heterocycles. The zero-order valence-electron chi connectivity index (χ0n) is 15.8. The molecule has 3 rings (SSSR count). The van der Waals surface area contributed by atoms with Gasteiger partial charge in [0.05, 0.1) is 0 Å². The quantitative estimate of drug-likeness (QED) is 0.764. The first kappa shape index (κ1) is 18.7. The second-order valence-corrected chi connectivity index (χ2v) is 7.40. The van der Waals surface area contributed by atoms with Gasteiger partial charge in [0.15, 0.2) is 0 Å². The topological polar surface area (TPSA) is 46.3 Å². The molecule has 0 aliphatic heterocycles. The Kier molecular flexibility index (Phi) is 6.45. The summed E-state index contributed by atoms with van der Waals surface area (Å²) in [6.45, 7) is 4.47. The summed E-state index contributed by atoms with van der Waals surface area (Å²) in [5.41, 5.74) is 9.46. The van der Waals surface area contributed by atoms with Gasteiger partial charge < -0.3 is 5.73 Å². The third-order valence-electron chi connectivity index (χ3n) is 5.42. The van der Waals surface area contributed by atoms with Crippen LogP contribution in [0.25, 0.3) is 11.1 Å². The van der Waals surface area contributed by atoms with Crippen LogP contribution >= 0.6 is 0 Å². The van der Waals surface area contributed by atoms with Crippen LogP contribution in [0.1, 0.15) is 61.4 Å². The van der Waals surface area contributed by atoms with Gasteiger partial charge in [-0.25, -0.2) is 0 Å². The van der Waals surface area contributed by atoms with Gasteiger partial charge in [-0.3, -0.25) is 9.69 Å². The van der Waals surface area contributed by atoms with E-state index in [2.05, 4.69) is 36.1 Å². The summed E-state index contributed by atoms with van der Waals surface area (Å²) in [6.07, 6.45) is 8.04. The molecule has 0 spiro atoms. The van der Waals surface area contributed by atoms with E-state index in [1.165, 1.54) is 50.6 Å². The first-order valence-corrected chi connectivity index (χ1v) is 9.90. The summed E-state index contributed by atoms with van der Waals surface area (Å²) in [5, 5.41) is 0. The molecule has 3 nitrogen and oxygen atoms in total. The number of nitrogens with zero attached hydrogens (tertiary/aromatic N) is 1. The van der Waals surface area contributed by atoms with E-state index in [9.17, 15) is 4.79 Å². The Balaban J connectivity index is 1.71. The lowest BCUT2D eigenvalue weighted by Crippen LogP contribution is -2.36. The summed E-state index contributed by atoms with van der Waals surface area (Å²) < 4.78 is 0. The Morgan fingerprint density at radius 3 is 2.42 bits per heavy atom. The molecule has 2 aromatic rings. The van der Waals surface area contributed by atoms with Crippen molar-refractivity contribution in [2.24, 2.45) is 5.73 Å². The normalized spacial score (nSPS) is 15.3. The molecule has 0 atom stereocenters. The largest absolute Gasteiger partial charge is 0.366 e. The van der Waals surface area contributed by atoms with Crippen molar-refractivity contribution in [3.05, 3.63) is 59.7 Å². The molecular formula is C23H30N2O. The predicted octanol–water partition coefficient (Wildman–Crippen LogP) is 5.00. The molecular weight excluding hydrogens is 320 g/mol. The molecule has 26 heavy (non-hydrogen) atoms. The van der Waals surface area contributed by atoms with Crippen LogP contribution in [0.3, 0.4) is 0 Å². The highest BCUT2D eigenvalue weighted by atomic mass is 16.1. The fourth-order valence-electron chi connectivity index (χ4n) is 4.01. The van der Waals surface area contributed by atoms with Gasteiger partial charge in [-0.15, -0.1) is 0 Å². The highest BCUT2D eigenvalue weighted by Crippen LogP contribution is 2.25. The average molecular weight is 351 g/mol. The van der Waals surface area contributed by atoms with Gasteiger partial charge >= 0.3 is 0 Å². The maximum Gasteiger partial charge on any atom is 0.248 e. The molecule has 1 aliphatic rings. The van der Waals surface area contributed by atoms with Crippen LogP contribution in [0, 0.1) is 0 Å². The highest BCUT2D eigenvalue weighted by molar-refractivity contribution is 5.94. The molecule has 1 amide bonds. The molecule has 1 aliphatic carbocycles. The molecule has 138 valence electrons. The number of benzene rings is 2. The van der Waals surface area contributed by atoms with Crippen molar-refractivity contribution in [3.8, 4) is 11.1 Å². The maximum atomic E-state index is 11.4. The number of carbonyl (C=O) groups excluding carboxylic acids is 1. The average Bonchev–Trinajstić information content (AvgIpc) is 2.69. The number of hydrogen-bond donors (Lipinski definition) is 1. The summed E-state index contributed by atoms with van der Waals surface area (Å²) in [7, 11) is 0. The number of primary amides is 1. The van der Waals surface area contributed by atoms with E-state index in [0.29, 0.717) is 5.56 Å². The lowest BCUT2D eigenvalue weighted by atomic mass is 9.93. The number of carbonyl (C=O) groups is 1. The summed E-state index contributed by atoms with van der Waals surface area (Å²) >= 11 is 0. The highest BCUT2D eigenvalue weighted by Gasteiger charge is 2.20. The smallest absolute Gasteiger partial charge is 0.248 e. The van der Waals surface area contributed by atoms with E-state index in [0.717, 1.165) is 23.7 Å². The lowest BCUT2D eigenvalue weighted by molar-refractivity contribution is 0.100. The molecule has 1 fully saturated rings. The standard InChI is InChI=1S/C23H30N2O/c1-2-15-25(22-9-4-3-5-10-22)17-18-11-13-19(14-12-18)20-7-6-8-21(16-20)23(24)26/h6-8,11-14,16,22H,2-5,9-10,15,17H2,1H3,(H2,24,26). The Bertz CT molecular complexity index is 717. The van der Waals surface area contributed by atoms with E-state index < -0.39 is 0 Å². The SMILES string of the molecule is CCCN(Cc1ccc(-c2cccc(C(N)=O)c2)cc1)C1CCCCC1. The van der Waals surface area contributed by atoms with Gasteiger partial charge in [-0.05, 0) is 54.6 Å². The zero-order valence-corrected chi connectivity index (χ0v) is 15.8. The molecule has 2 N–H and O–H groups in total. The van der Waals surface area contributed by atoms with Crippen molar-refractivity contribution in [1.29, 1.82) is 0 Å². The van der Waals surface area contributed by atoms with Gasteiger partial charge in [0.25, 0.3) is 0 Å². The van der Waals surface area contributed by atoms with Crippen LogP contribution in [0.4, 0.5) is 0 Å². The van der Waals surface area contributed by atoms with Crippen molar-refractivity contribution in [3.63, 3.8) is 0 Å². The Morgan fingerprint density at radius 2 is 1.77 bits per heavy atom. The Labute approximate surface area is 157 Å². The third-order valence-corrected chi connectivity index (χ3v) is 5.42. The summed E-state index contributed by atoms with van der Waals surface area (Å²) in [6, 6.07) is 17.0. The van der Waals surface area contributed by atoms with E-state index in [1.54, 1.807) is 6.07 Å². The Morgan fingerprint density at radius 1 is 1.04 bits per heavy atom. The van der Waals surface area contributed by atoms with Gasteiger partial charge in [0.1, 0.15) is 0 Å². The maximum absolute atomic E-state index is 11.4. The second kappa shape index (κ2) is 9.00. The number of rotatable bonds is 7. The van der Waals surface area contributed by atoms with Crippen LogP contribution in [0.5, 0.6) is 0 Å². The first-order chi connectivity index (χ1) is 12.7. The van der Waals surface area contributed by atoms with E-state index in [4.69, 9.17) is 5.73 Å². The van der Waals surface area contributed by atoms with Crippen molar-refractivity contribution < 1.29 is 4.79 Å². The van der Waals surface area contributed by atoms with Crippen LogP contribution < -0.4 is 5.73 Å². The zero-order chi connectivity index (χ0) is 18.4. The van der Waals surface area contributed by atoms with Crippen LogP contribution in [-0.2, 0) is 6.54 Å². The Hall–Kier alpha value is -2.13. The molecule has 0 radical (unpaired) electrons. The molecule has 2 aromatic carbocycles. The number of nitrogens with two attached hydrogens (primary N) is 1. The number of hydrogen-bond acceptors (Lipinski definition) is 2. The molecule has 0 heterocycles. The number of amides is 1. The van der Waals surface area contributed by atoms with Crippen molar-refractivity contribution in [2.45, 2.75) is 58.0 Å². The van der Waals surface area contributed by atoms with Crippen LogP contribution in [-0.4, -0.2) is 23.4 Å². The van der Waals surface area contributed by atoms with Gasteiger partial charge in [-0.1, -0.05) is 62.6 Å². The van der Waals surface area contributed by atoms with Crippen molar-refractivity contribution >= 4 is 5.91 Å². The van der Waals surface area contributed by atoms with Crippen LogP contribution in [0.15, 0.2) is 48.5 Å². The van der Waals surface area contributed by atoms with E-state index >= 15 is 0 Å². The second-order valence-electron chi connectivity index (χ2n) is 7.40. The lowest BCUT2D eigenvalue weighted by Gasteiger charge is -2.34. The first-order valence-electron chi connectivity index (χ1n) is 9.90. The van der Waals surface area contributed by atoms with Gasteiger partial charge in [0.2, 0.25) is 5.91 Å². The monoisotopic (exact) mass is 350 g/mol. The molecule has 3 heteroatoms. The fraction of sp³-hybridized carbons (Fsp3) is 0.435. The minimum atomic E-state index is -0.383. The fourth-order valence-corrected chi connectivity index (χ4v) is 4.01. The van der Waals surface area contributed by atoms with Crippen molar-refractivity contribution in [1.82, 2.24) is 4.90 Å². The summed E-state index contributed by atoms with van der Waals surface area (Å²) in [5.74, 6) is -0.383. The third kappa shape index (κ3) is 4.73. The molecule has 1 saturated carbocycles. The van der Waals surface area contributed by atoms with Gasteiger partial charge in [0, 0.05) is 18.2 Å². The molecule has 0 saturated heterocycles. The van der Waals surface area contributed by atoms with Crippen LogP contribution in [0.2, 0.25) is 0 Å². The minimum absolute atomic E-state index is 0.383. The van der Waals surface area contributed by atoms with Crippen molar-refractivity contribution in [2.75, 3.05) is 6.54 Å². The van der Waals surface area contributed by atoms with E-state index in [-0.39, 0.29) is 5.91 Å². The predicted molar refractivity (Wildman–Crippen MR) is 108 cm³/mol.